The van der Waals surface area contributed by atoms with E-state index in [1.807, 2.05) is 16.8 Å². The summed E-state index contributed by atoms with van der Waals surface area (Å²) in [5.41, 5.74) is 3.42. The molecule has 1 aliphatic heterocycles. The van der Waals surface area contributed by atoms with Gasteiger partial charge < -0.3 is 0 Å². The molecular formula is C18H23N3O2S. The van der Waals surface area contributed by atoms with E-state index in [1.165, 1.54) is 36.8 Å². The van der Waals surface area contributed by atoms with Crippen molar-refractivity contribution in [1.29, 1.82) is 0 Å². The minimum Gasteiger partial charge on any atom is -0.300 e. The Kier molecular flexibility index (Phi) is 3.96. The fourth-order valence-corrected chi connectivity index (χ4v) is 4.22. The third-order valence-corrected chi connectivity index (χ3v) is 6.43. The molecule has 0 unspecified atom stereocenters. The first kappa shape index (κ1) is 15.8. The van der Waals surface area contributed by atoms with E-state index in [1.54, 1.807) is 12.1 Å². The largest absolute Gasteiger partial charge is 0.300 e. The van der Waals surface area contributed by atoms with Gasteiger partial charge in [-0.1, -0.05) is 6.42 Å². The zero-order valence-electron chi connectivity index (χ0n) is 14.0. The van der Waals surface area contributed by atoms with E-state index in [4.69, 9.17) is 5.10 Å². The van der Waals surface area contributed by atoms with Crippen molar-refractivity contribution in [3.05, 3.63) is 41.7 Å². The summed E-state index contributed by atoms with van der Waals surface area (Å²) >= 11 is 0. The molecule has 5 nitrogen and oxygen atoms in total. The van der Waals surface area contributed by atoms with Crippen LogP contribution in [-0.2, 0) is 22.7 Å². The van der Waals surface area contributed by atoms with Crippen molar-refractivity contribution < 1.29 is 8.42 Å². The molecule has 4 rings (SSSR count). The molecule has 0 amide bonds. The highest BCUT2D eigenvalue weighted by Gasteiger charge is 2.27. The Morgan fingerprint density at radius 2 is 1.79 bits per heavy atom. The highest BCUT2D eigenvalue weighted by molar-refractivity contribution is 7.90. The Morgan fingerprint density at radius 3 is 2.42 bits per heavy atom. The first-order valence-electron chi connectivity index (χ1n) is 8.63. The predicted octanol–water partition coefficient (Wildman–Crippen LogP) is 2.23. The lowest BCUT2D eigenvalue weighted by Crippen LogP contribution is -2.41. The summed E-state index contributed by atoms with van der Waals surface area (Å²) in [5.74, 6) is 0. The quantitative estimate of drug-likeness (QED) is 0.856. The van der Waals surface area contributed by atoms with Gasteiger partial charge in [0.15, 0.2) is 9.84 Å². The Labute approximate surface area is 143 Å². The smallest absolute Gasteiger partial charge is 0.175 e. The topological polar surface area (TPSA) is 55.2 Å². The van der Waals surface area contributed by atoms with Crippen LogP contribution in [0.1, 0.15) is 30.5 Å². The molecule has 1 fully saturated rings. The van der Waals surface area contributed by atoms with Crippen LogP contribution < -0.4 is 0 Å². The maximum absolute atomic E-state index is 11.6. The minimum atomic E-state index is -3.16. The van der Waals surface area contributed by atoms with Crippen LogP contribution in [0.15, 0.2) is 35.4 Å². The molecule has 1 saturated carbocycles. The van der Waals surface area contributed by atoms with Crippen LogP contribution in [-0.4, -0.2) is 48.5 Å². The minimum absolute atomic E-state index is 0.344. The van der Waals surface area contributed by atoms with E-state index >= 15 is 0 Å². The van der Waals surface area contributed by atoms with Gasteiger partial charge in [-0.15, -0.1) is 0 Å². The fourth-order valence-electron chi connectivity index (χ4n) is 3.59. The Morgan fingerprint density at radius 1 is 1.08 bits per heavy atom. The molecule has 0 bridgehead atoms. The van der Waals surface area contributed by atoms with Crippen molar-refractivity contribution in [3.63, 3.8) is 0 Å². The maximum atomic E-state index is 11.6. The summed E-state index contributed by atoms with van der Waals surface area (Å²) in [6.07, 6.45) is 9.46. The maximum Gasteiger partial charge on any atom is 0.175 e. The standard InChI is InChI=1S/C18H23N3O2S/c1-24(22,23)17-7-5-16(6-8-17)21-13-14-9-11-20(15-3-2-4-15)12-10-18(14)19-21/h5-8,13,15H,2-4,9-12H2,1H3. The Bertz CT molecular complexity index is 810. The highest BCUT2D eigenvalue weighted by atomic mass is 32.2. The molecule has 2 aliphatic rings. The second-order valence-electron chi connectivity index (χ2n) is 6.93. The molecule has 128 valence electrons. The van der Waals surface area contributed by atoms with Gasteiger partial charge in [-0.05, 0) is 49.1 Å². The number of fused-ring (bicyclic) bond motifs is 1. The number of benzene rings is 1. The summed E-state index contributed by atoms with van der Waals surface area (Å²) in [4.78, 5) is 2.97. The average Bonchev–Trinajstić information content (AvgIpc) is 2.81. The van der Waals surface area contributed by atoms with Crippen LogP contribution >= 0.6 is 0 Å². The molecule has 0 saturated heterocycles. The number of aromatic nitrogens is 2. The molecule has 6 heteroatoms. The van der Waals surface area contributed by atoms with Gasteiger partial charge in [0.1, 0.15) is 0 Å². The lowest BCUT2D eigenvalue weighted by molar-refractivity contribution is 0.133. The normalized spacial score (nSPS) is 19.5. The van der Waals surface area contributed by atoms with Crippen LogP contribution in [0.2, 0.25) is 0 Å². The SMILES string of the molecule is CS(=O)(=O)c1ccc(-n2cc3c(n2)CCN(C2CCC2)CC3)cc1. The molecule has 0 radical (unpaired) electrons. The predicted molar refractivity (Wildman–Crippen MR) is 93.3 cm³/mol. The number of nitrogens with zero attached hydrogens (tertiary/aromatic N) is 3. The van der Waals surface area contributed by atoms with Crippen molar-refractivity contribution in [3.8, 4) is 5.69 Å². The van der Waals surface area contributed by atoms with Crippen molar-refractivity contribution >= 4 is 9.84 Å². The van der Waals surface area contributed by atoms with E-state index in [0.29, 0.717) is 4.90 Å². The number of rotatable bonds is 3. The van der Waals surface area contributed by atoms with Crippen molar-refractivity contribution in [1.82, 2.24) is 14.7 Å². The summed E-state index contributed by atoms with van der Waals surface area (Å²) < 4.78 is 25.0. The lowest BCUT2D eigenvalue weighted by Gasteiger charge is -2.36. The fraction of sp³-hybridized carbons (Fsp3) is 0.500. The Hall–Kier alpha value is -1.66. The summed E-state index contributed by atoms with van der Waals surface area (Å²) in [7, 11) is -3.16. The van der Waals surface area contributed by atoms with Gasteiger partial charge in [0.2, 0.25) is 0 Å². The molecular weight excluding hydrogens is 322 g/mol. The van der Waals surface area contributed by atoms with Crippen LogP contribution in [0.3, 0.4) is 0 Å². The molecule has 1 aromatic carbocycles. The summed E-state index contributed by atoms with van der Waals surface area (Å²) in [6.45, 7) is 2.22. The Balaban J connectivity index is 1.53. The first-order chi connectivity index (χ1) is 11.5. The second-order valence-corrected chi connectivity index (χ2v) is 8.95. The molecule has 0 N–H and O–H groups in total. The first-order valence-corrected chi connectivity index (χ1v) is 10.5. The molecule has 2 aromatic rings. The van der Waals surface area contributed by atoms with Crippen molar-refractivity contribution in [2.24, 2.45) is 0 Å². The average molecular weight is 345 g/mol. The molecule has 24 heavy (non-hydrogen) atoms. The van der Waals surface area contributed by atoms with E-state index in [9.17, 15) is 8.42 Å². The number of sulfone groups is 1. The van der Waals surface area contributed by atoms with E-state index in [0.717, 1.165) is 37.7 Å². The molecule has 1 aliphatic carbocycles. The van der Waals surface area contributed by atoms with Gasteiger partial charge in [0, 0.05) is 38.0 Å². The van der Waals surface area contributed by atoms with Crippen LogP contribution in [0, 0.1) is 0 Å². The molecule has 0 spiro atoms. The highest BCUT2D eigenvalue weighted by Crippen LogP contribution is 2.27. The van der Waals surface area contributed by atoms with Gasteiger partial charge in [0.25, 0.3) is 0 Å². The monoisotopic (exact) mass is 345 g/mol. The zero-order valence-corrected chi connectivity index (χ0v) is 14.8. The summed E-state index contributed by atoms with van der Waals surface area (Å²) in [6, 6.07) is 7.74. The molecule has 2 heterocycles. The second kappa shape index (κ2) is 6.01. The number of hydrogen-bond donors (Lipinski definition) is 0. The third-order valence-electron chi connectivity index (χ3n) is 5.30. The van der Waals surface area contributed by atoms with Gasteiger partial charge in [-0.25, -0.2) is 13.1 Å². The van der Waals surface area contributed by atoms with Crippen molar-refractivity contribution in [2.75, 3.05) is 19.3 Å². The molecule has 1 aromatic heterocycles. The summed E-state index contributed by atoms with van der Waals surface area (Å²) in [5, 5.41) is 4.75. The lowest BCUT2D eigenvalue weighted by atomic mass is 9.91. The van der Waals surface area contributed by atoms with Gasteiger partial charge >= 0.3 is 0 Å². The van der Waals surface area contributed by atoms with Crippen LogP contribution in [0.5, 0.6) is 0 Å². The van der Waals surface area contributed by atoms with E-state index in [-0.39, 0.29) is 0 Å². The van der Waals surface area contributed by atoms with Gasteiger partial charge in [0.05, 0.1) is 16.3 Å². The van der Waals surface area contributed by atoms with E-state index in [2.05, 4.69) is 11.1 Å². The van der Waals surface area contributed by atoms with E-state index < -0.39 is 9.84 Å². The van der Waals surface area contributed by atoms with Crippen LogP contribution in [0.4, 0.5) is 0 Å². The molecule has 0 atom stereocenters. The third kappa shape index (κ3) is 3.00. The zero-order chi connectivity index (χ0) is 16.7. The van der Waals surface area contributed by atoms with Crippen LogP contribution in [0.25, 0.3) is 5.69 Å². The van der Waals surface area contributed by atoms with Gasteiger partial charge in [-0.2, -0.15) is 5.10 Å². The van der Waals surface area contributed by atoms with Gasteiger partial charge in [-0.3, -0.25) is 4.90 Å². The number of hydrogen-bond acceptors (Lipinski definition) is 4. The van der Waals surface area contributed by atoms with Crippen molar-refractivity contribution in [2.45, 2.75) is 43.0 Å².